The maximum atomic E-state index is 13.5. The van der Waals surface area contributed by atoms with Crippen molar-refractivity contribution < 1.29 is 14.3 Å². The number of morpholine rings is 1. The Labute approximate surface area is 202 Å². The van der Waals surface area contributed by atoms with Gasteiger partial charge in [-0.25, -0.2) is 4.98 Å². The molecule has 1 aromatic carbocycles. The van der Waals surface area contributed by atoms with E-state index in [1.807, 2.05) is 24.6 Å². The van der Waals surface area contributed by atoms with Crippen LogP contribution in [0.15, 0.2) is 18.2 Å². The molecule has 0 aliphatic carbocycles. The number of carbonyl (C=O) groups is 1. The van der Waals surface area contributed by atoms with Gasteiger partial charge in [-0.1, -0.05) is 22.9 Å². The van der Waals surface area contributed by atoms with E-state index in [0.717, 1.165) is 30.0 Å². The van der Waals surface area contributed by atoms with Crippen molar-refractivity contribution in [2.24, 2.45) is 0 Å². The van der Waals surface area contributed by atoms with Gasteiger partial charge in [-0.3, -0.25) is 19.3 Å². The van der Waals surface area contributed by atoms with E-state index in [1.165, 1.54) is 11.3 Å². The first kappa shape index (κ1) is 24.7. The Morgan fingerprint density at radius 2 is 2.09 bits per heavy atom. The third-order valence-corrected chi connectivity index (χ3v) is 6.93. The molecule has 32 heavy (non-hydrogen) atoms. The minimum absolute atomic E-state index is 0. The third-order valence-electron chi connectivity index (χ3n) is 5.39. The van der Waals surface area contributed by atoms with Crippen molar-refractivity contribution in [2.75, 3.05) is 51.4 Å². The molecule has 1 aliphatic rings. The van der Waals surface area contributed by atoms with Gasteiger partial charge in [0.05, 0.1) is 30.0 Å². The molecule has 2 aromatic heterocycles. The molecule has 0 bridgehead atoms. The SMILES string of the molecule is CCn1nc(C(=O)N(CCN2CCOCC2)c2nc3c(OC)ccc(Cl)c3s2)cc1C.Cl. The number of fused-ring (bicyclic) bond motifs is 1. The highest BCUT2D eigenvalue weighted by molar-refractivity contribution is 7.23. The van der Waals surface area contributed by atoms with E-state index in [-0.39, 0.29) is 18.3 Å². The summed E-state index contributed by atoms with van der Waals surface area (Å²) >= 11 is 7.81. The molecule has 0 atom stereocenters. The van der Waals surface area contributed by atoms with Crippen LogP contribution in [-0.2, 0) is 11.3 Å². The standard InChI is InChI=1S/C21H26ClN5O3S.ClH/c1-4-27-14(2)13-16(24-27)20(28)26(8-7-25-9-11-30-12-10-25)21-23-18-17(29-3)6-5-15(22)19(18)31-21;/h5-6,13H,4,7-12H2,1-3H3;1H. The zero-order chi connectivity index (χ0) is 22.0. The molecular weight excluding hydrogens is 473 g/mol. The van der Waals surface area contributed by atoms with E-state index in [4.69, 9.17) is 26.1 Å². The van der Waals surface area contributed by atoms with Crippen molar-refractivity contribution >= 4 is 56.6 Å². The second-order valence-corrected chi connectivity index (χ2v) is 8.71. The van der Waals surface area contributed by atoms with Crippen LogP contribution in [0.4, 0.5) is 5.13 Å². The van der Waals surface area contributed by atoms with E-state index in [0.29, 0.717) is 53.4 Å². The summed E-state index contributed by atoms with van der Waals surface area (Å²) in [5.41, 5.74) is 2.03. The molecular formula is C21H27Cl2N5O3S. The molecule has 0 saturated carbocycles. The highest BCUT2D eigenvalue weighted by Crippen LogP contribution is 2.39. The Kier molecular flexibility index (Phi) is 8.35. The lowest BCUT2D eigenvalue weighted by Crippen LogP contribution is -2.43. The summed E-state index contributed by atoms with van der Waals surface area (Å²) < 4.78 is 13.5. The number of anilines is 1. The number of benzene rings is 1. The van der Waals surface area contributed by atoms with Crippen molar-refractivity contribution in [1.82, 2.24) is 19.7 Å². The van der Waals surface area contributed by atoms with Crippen LogP contribution in [0.2, 0.25) is 5.02 Å². The number of rotatable bonds is 7. The summed E-state index contributed by atoms with van der Waals surface area (Å²) in [5.74, 6) is 0.464. The summed E-state index contributed by atoms with van der Waals surface area (Å²) in [6, 6.07) is 5.41. The number of nitrogens with zero attached hydrogens (tertiary/aromatic N) is 5. The number of carbonyl (C=O) groups excluding carboxylic acids is 1. The predicted molar refractivity (Wildman–Crippen MR) is 130 cm³/mol. The van der Waals surface area contributed by atoms with E-state index in [2.05, 4.69) is 10.00 Å². The lowest BCUT2D eigenvalue weighted by Gasteiger charge is -2.29. The maximum absolute atomic E-state index is 13.5. The second kappa shape index (κ2) is 10.8. The number of aromatic nitrogens is 3. The molecule has 0 unspecified atom stereocenters. The Bertz CT molecular complexity index is 1080. The summed E-state index contributed by atoms with van der Waals surface area (Å²) in [5, 5.41) is 5.67. The molecule has 8 nitrogen and oxygen atoms in total. The van der Waals surface area contributed by atoms with E-state index in [1.54, 1.807) is 24.1 Å². The Balaban J connectivity index is 0.00000289. The third kappa shape index (κ3) is 5.02. The number of amides is 1. The highest BCUT2D eigenvalue weighted by atomic mass is 35.5. The van der Waals surface area contributed by atoms with Crippen LogP contribution in [0, 0.1) is 6.92 Å². The van der Waals surface area contributed by atoms with Crippen LogP contribution in [0.5, 0.6) is 5.75 Å². The lowest BCUT2D eigenvalue weighted by atomic mass is 10.3. The van der Waals surface area contributed by atoms with E-state index in [9.17, 15) is 4.79 Å². The maximum Gasteiger partial charge on any atom is 0.280 e. The van der Waals surface area contributed by atoms with Gasteiger partial charge in [-0.2, -0.15) is 5.10 Å². The van der Waals surface area contributed by atoms with Gasteiger partial charge in [-0.15, -0.1) is 12.4 Å². The fourth-order valence-electron chi connectivity index (χ4n) is 3.64. The van der Waals surface area contributed by atoms with Gasteiger partial charge in [0, 0.05) is 38.4 Å². The second-order valence-electron chi connectivity index (χ2n) is 7.32. The van der Waals surface area contributed by atoms with Gasteiger partial charge in [0.1, 0.15) is 11.3 Å². The quantitative estimate of drug-likeness (QED) is 0.490. The minimum atomic E-state index is -0.169. The van der Waals surface area contributed by atoms with Crippen molar-refractivity contribution in [2.45, 2.75) is 20.4 Å². The van der Waals surface area contributed by atoms with E-state index >= 15 is 0 Å². The minimum Gasteiger partial charge on any atom is -0.494 e. The number of ether oxygens (including phenoxy) is 2. The molecule has 11 heteroatoms. The van der Waals surface area contributed by atoms with Gasteiger partial charge >= 0.3 is 0 Å². The predicted octanol–water partition coefficient (Wildman–Crippen LogP) is 3.88. The first-order chi connectivity index (χ1) is 15.0. The molecule has 1 fully saturated rings. The average Bonchev–Trinajstić information content (AvgIpc) is 3.39. The zero-order valence-electron chi connectivity index (χ0n) is 18.3. The topological polar surface area (TPSA) is 72.7 Å². The molecule has 3 aromatic rings. The van der Waals surface area contributed by atoms with Crippen LogP contribution in [0.3, 0.4) is 0 Å². The van der Waals surface area contributed by atoms with Crippen molar-refractivity contribution in [3.8, 4) is 5.75 Å². The Morgan fingerprint density at radius 1 is 1.34 bits per heavy atom. The number of hydrogen-bond donors (Lipinski definition) is 0. The molecule has 0 radical (unpaired) electrons. The van der Waals surface area contributed by atoms with Gasteiger partial charge < -0.3 is 9.47 Å². The number of aryl methyl sites for hydroxylation is 2. The fourth-order valence-corrected chi connectivity index (χ4v) is 4.93. The van der Waals surface area contributed by atoms with Crippen molar-refractivity contribution in [3.05, 3.63) is 34.6 Å². The Morgan fingerprint density at radius 3 is 2.75 bits per heavy atom. The van der Waals surface area contributed by atoms with Crippen LogP contribution in [0.1, 0.15) is 23.1 Å². The smallest absolute Gasteiger partial charge is 0.280 e. The van der Waals surface area contributed by atoms with Gasteiger partial charge in [-0.05, 0) is 32.0 Å². The molecule has 1 aliphatic heterocycles. The largest absolute Gasteiger partial charge is 0.494 e. The molecule has 0 spiro atoms. The normalized spacial score (nSPS) is 14.4. The first-order valence-corrected chi connectivity index (χ1v) is 11.5. The van der Waals surface area contributed by atoms with Crippen LogP contribution in [-0.4, -0.2) is 72.1 Å². The first-order valence-electron chi connectivity index (χ1n) is 10.3. The van der Waals surface area contributed by atoms with Gasteiger partial charge in [0.15, 0.2) is 10.8 Å². The van der Waals surface area contributed by atoms with Crippen molar-refractivity contribution in [1.29, 1.82) is 0 Å². The fraction of sp³-hybridized carbons (Fsp3) is 0.476. The zero-order valence-corrected chi connectivity index (χ0v) is 20.7. The monoisotopic (exact) mass is 499 g/mol. The number of methoxy groups -OCH3 is 1. The average molecular weight is 500 g/mol. The van der Waals surface area contributed by atoms with E-state index < -0.39 is 0 Å². The molecule has 1 amide bonds. The summed E-state index contributed by atoms with van der Waals surface area (Å²) in [4.78, 5) is 22.3. The number of hydrogen-bond acceptors (Lipinski definition) is 7. The molecule has 0 N–H and O–H groups in total. The Hall–Kier alpha value is -1.91. The molecule has 4 rings (SSSR count). The number of thiazole rings is 1. The highest BCUT2D eigenvalue weighted by Gasteiger charge is 2.26. The van der Waals surface area contributed by atoms with Crippen LogP contribution >= 0.6 is 35.3 Å². The molecule has 3 heterocycles. The number of halogens is 2. The van der Waals surface area contributed by atoms with Crippen LogP contribution in [0.25, 0.3) is 10.2 Å². The van der Waals surface area contributed by atoms with Crippen LogP contribution < -0.4 is 9.64 Å². The summed E-state index contributed by atoms with van der Waals surface area (Å²) in [6.07, 6.45) is 0. The molecule has 1 saturated heterocycles. The molecule has 174 valence electrons. The summed E-state index contributed by atoms with van der Waals surface area (Å²) in [6.45, 7) is 9.01. The van der Waals surface area contributed by atoms with Gasteiger partial charge in [0.2, 0.25) is 0 Å². The lowest BCUT2D eigenvalue weighted by molar-refractivity contribution is 0.0391. The summed E-state index contributed by atoms with van der Waals surface area (Å²) in [7, 11) is 1.60. The van der Waals surface area contributed by atoms with Gasteiger partial charge in [0.25, 0.3) is 5.91 Å². The van der Waals surface area contributed by atoms with Crippen molar-refractivity contribution in [3.63, 3.8) is 0 Å².